The molecule has 0 radical (unpaired) electrons. The van der Waals surface area contributed by atoms with Crippen LogP contribution in [0.2, 0.25) is 0 Å². The Hall–Kier alpha value is -1.06. The molecule has 0 aromatic heterocycles. The number of rotatable bonds is 73. The van der Waals surface area contributed by atoms with Gasteiger partial charge in [-0.05, 0) is 25.7 Å². The van der Waals surface area contributed by atoms with Crippen molar-refractivity contribution in [2.45, 2.75) is 463 Å². The van der Waals surface area contributed by atoms with Gasteiger partial charge in [-0.3, -0.25) is 9.59 Å². The van der Waals surface area contributed by atoms with Crippen molar-refractivity contribution in [2.24, 2.45) is 0 Å². The summed E-state index contributed by atoms with van der Waals surface area (Å²) in [5, 5.41) is 6.27. The Balaban J connectivity index is 3.20. The molecule has 0 heterocycles. The molecular weight excluding hydrogens is 973 g/mol. The first-order chi connectivity index (χ1) is 39.7. The smallest absolute Gasteiger partial charge is 0.219 e. The lowest BCUT2D eigenvalue weighted by molar-refractivity contribution is -0.122. The third-order valence-electron chi connectivity index (χ3n) is 18.3. The Kier molecular flexibility index (Phi) is 73.1. The summed E-state index contributed by atoms with van der Waals surface area (Å²) in [5.74, 6) is 0.462. The van der Waals surface area contributed by atoms with Crippen LogP contribution >= 0.6 is 0 Å². The van der Waals surface area contributed by atoms with Gasteiger partial charge >= 0.3 is 0 Å². The van der Waals surface area contributed by atoms with Crippen molar-refractivity contribution in [3.63, 3.8) is 0 Å². The van der Waals surface area contributed by atoms with Gasteiger partial charge in [-0.2, -0.15) is 0 Å². The second-order valence-electron chi connectivity index (χ2n) is 26.5. The van der Waals surface area contributed by atoms with Crippen molar-refractivity contribution >= 4 is 11.8 Å². The molecule has 0 saturated carbocycles. The third-order valence-corrected chi connectivity index (χ3v) is 18.3. The zero-order valence-electron chi connectivity index (χ0n) is 55.7. The zero-order chi connectivity index (χ0) is 57.5. The maximum Gasteiger partial charge on any atom is 0.219 e. The quantitative estimate of drug-likeness (QED) is 0.0596. The maximum atomic E-state index is 12.3. The molecule has 478 valence electrons. The van der Waals surface area contributed by atoms with Crippen LogP contribution in [0.3, 0.4) is 0 Å². The standard InChI is InChI=1S/C76H152N2O2/c1-3-5-7-9-11-13-15-17-19-21-23-25-27-29-31-33-35-37-39-41-43-45-47-49-51-53-55-57-59-61-63-67-71-75(79)77-73-69-65-66-70-74-78-76(80)72-68-64-62-60-58-56-54-52-50-48-46-44-42-40-38-36-34-32-30-28-26-24-22-20-18-16-14-12-10-8-6-4-2/h3-74H2,1-2H3,(H,77,79)(H,78,80). The fraction of sp³-hybridized carbons (Fsp3) is 0.974. The Morgan fingerprint density at radius 3 is 0.412 bits per heavy atom. The summed E-state index contributed by atoms with van der Waals surface area (Å²) < 4.78 is 0. The van der Waals surface area contributed by atoms with Crippen LogP contribution in [0.15, 0.2) is 0 Å². The molecule has 4 heteroatoms. The summed E-state index contributed by atoms with van der Waals surface area (Å²) in [7, 11) is 0. The predicted octanol–water partition coefficient (Wildman–Crippen LogP) is 26.6. The number of carbonyl (C=O) groups is 2. The molecule has 2 N–H and O–H groups in total. The van der Waals surface area contributed by atoms with E-state index in [1.807, 2.05) is 0 Å². The molecule has 0 rings (SSSR count). The van der Waals surface area contributed by atoms with Gasteiger partial charge in [0.25, 0.3) is 0 Å². The van der Waals surface area contributed by atoms with Crippen molar-refractivity contribution in [3.05, 3.63) is 0 Å². The lowest BCUT2D eigenvalue weighted by Crippen LogP contribution is -2.24. The first-order valence-electron chi connectivity index (χ1n) is 38.2. The molecule has 0 aromatic carbocycles. The molecule has 4 nitrogen and oxygen atoms in total. The minimum absolute atomic E-state index is 0.231. The molecule has 0 saturated heterocycles. The Morgan fingerprint density at radius 1 is 0.163 bits per heavy atom. The number of amides is 2. The first kappa shape index (κ1) is 78.9. The van der Waals surface area contributed by atoms with Gasteiger partial charge < -0.3 is 10.6 Å². The fourth-order valence-corrected chi connectivity index (χ4v) is 12.6. The third kappa shape index (κ3) is 73.0. The average Bonchev–Trinajstić information content (AvgIpc) is 3.46. The second-order valence-corrected chi connectivity index (χ2v) is 26.5. The van der Waals surface area contributed by atoms with Gasteiger partial charge in [0.15, 0.2) is 0 Å². The Bertz CT molecular complexity index is 1040. The van der Waals surface area contributed by atoms with E-state index < -0.39 is 0 Å². The summed E-state index contributed by atoms with van der Waals surface area (Å²) >= 11 is 0. The van der Waals surface area contributed by atoms with E-state index in [-0.39, 0.29) is 11.8 Å². The molecule has 0 aliphatic carbocycles. The SMILES string of the molecule is CCCCCCCCCCCCCCCCCCCCCCCCCCCCCCCCCCC(=O)NCCCCCCNC(=O)CCCCCCCCCCCCCCCCCCCCCCCCCCCCCCCCCC. The number of carbonyl (C=O) groups excluding carboxylic acids is 2. The van der Waals surface area contributed by atoms with Crippen molar-refractivity contribution in [2.75, 3.05) is 13.1 Å². The highest BCUT2D eigenvalue weighted by molar-refractivity contribution is 5.76. The highest BCUT2D eigenvalue weighted by atomic mass is 16.2. The van der Waals surface area contributed by atoms with Gasteiger partial charge in [-0.15, -0.1) is 0 Å². The van der Waals surface area contributed by atoms with E-state index in [1.54, 1.807) is 0 Å². The van der Waals surface area contributed by atoms with Crippen LogP contribution in [0.5, 0.6) is 0 Å². The van der Waals surface area contributed by atoms with E-state index in [1.165, 1.54) is 398 Å². The van der Waals surface area contributed by atoms with E-state index in [9.17, 15) is 9.59 Å². The maximum absolute atomic E-state index is 12.3. The van der Waals surface area contributed by atoms with Crippen LogP contribution in [0, 0.1) is 0 Å². The van der Waals surface area contributed by atoms with Crippen molar-refractivity contribution in [1.29, 1.82) is 0 Å². The van der Waals surface area contributed by atoms with Gasteiger partial charge in [0, 0.05) is 25.9 Å². The number of unbranched alkanes of at least 4 members (excludes halogenated alkanes) is 65. The van der Waals surface area contributed by atoms with Crippen LogP contribution in [0.4, 0.5) is 0 Å². The van der Waals surface area contributed by atoms with Crippen LogP contribution in [0.1, 0.15) is 463 Å². The molecule has 0 spiro atoms. The summed E-state index contributed by atoms with van der Waals surface area (Å²) in [6.07, 6.45) is 96.8. The zero-order valence-corrected chi connectivity index (χ0v) is 55.7. The molecule has 80 heavy (non-hydrogen) atoms. The lowest BCUT2D eigenvalue weighted by atomic mass is 10.0. The van der Waals surface area contributed by atoms with Crippen molar-refractivity contribution in [1.82, 2.24) is 10.6 Å². The normalized spacial score (nSPS) is 11.6. The number of hydrogen-bond acceptors (Lipinski definition) is 2. The van der Waals surface area contributed by atoms with E-state index in [2.05, 4.69) is 24.5 Å². The van der Waals surface area contributed by atoms with Gasteiger partial charge in [0.2, 0.25) is 11.8 Å². The molecular formula is C76H152N2O2. The fourth-order valence-electron chi connectivity index (χ4n) is 12.6. The van der Waals surface area contributed by atoms with Gasteiger partial charge in [0.1, 0.15) is 0 Å². The minimum Gasteiger partial charge on any atom is -0.356 e. The molecule has 0 aliphatic rings. The van der Waals surface area contributed by atoms with Gasteiger partial charge in [-0.1, -0.05) is 425 Å². The number of nitrogens with one attached hydrogen (secondary N) is 2. The molecule has 0 atom stereocenters. The largest absolute Gasteiger partial charge is 0.356 e. The molecule has 0 aliphatic heterocycles. The van der Waals surface area contributed by atoms with Crippen LogP contribution in [0.25, 0.3) is 0 Å². The van der Waals surface area contributed by atoms with E-state index in [0.717, 1.165) is 51.6 Å². The van der Waals surface area contributed by atoms with Crippen molar-refractivity contribution < 1.29 is 9.59 Å². The first-order valence-corrected chi connectivity index (χ1v) is 38.2. The Morgan fingerprint density at radius 2 is 0.275 bits per heavy atom. The molecule has 0 bridgehead atoms. The molecule has 0 fully saturated rings. The summed E-state index contributed by atoms with van der Waals surface area (Å²) in [4.78, 5) is 24.6. The van der Waals surface area contributed by atoms with Crippen LogP contribution in [-0.4, -0.2) is 24.9 Å². The van der Waals surface area contributed by atoms with E-state index in [0.29, 0.717) is 12.8 Å². The average molecular weight is 1130 g/mol. The topological polar surface area (TPSA) is 58.2 Å². The lowest BCUT2D eigenvalue weighted by Gasteiger charge is -2.07. The highest BCUT2D eigenvalue weighted by Crippen LogP contribution is 2.20. The monoisotopic (exact) mass is 1130 g/mol. The van der Waals surface area contributed by atoms with Crippen molar-refractivity contribution in [3.8, 4) is 0 Å². The molecule has 0 unspecified atom stereocenters. The van der Waals surface area contributed by atoms with E-state index in [4.69, 9.17) is 0 Å². The highest BCUT2D eigenvalue weighted by Gasteiger charge is 2.05. The summed E-state index contributed by atoms with van der Waals surface area (Å²) in [6, 6.07) is 0. The second kappa shape index (κ2) is 74.0. The number of hydrogen-bond donors (Lipinski definition) is 2. The van der Waals surface area contributed by atoms with Crippen LogP contribution in [-0.2, 0) is 9.59 Å². The molecule has 2 amide bonds. The van der Waals surface area contributed by atoms with Crippen LogP contribution < -0.4 is 10.6 Å². The summed E-state index contributed by atoms with van der Waals surface area (Å²) in [5.41, 5.74) is 0. The van der Waals surface area contributed by atoms with Gasteiger partial charge in [-0.25, -0.2) is 0 Å². The predicted molar refractivity (Wildman–Crippen MR) is 361 cm³/mol. The Labute approximate surface area is 506 Å². The van der Waals surface area contributed by atoms with Gasteiger partial charge in [0.05, 0.1) is 0 Å². The summed E-state index contributed by atoms with van der Waals surface area (Å²) in [6.45, 7) is 6.21. The molecule has 0 aromatic rings. The van der Waals surface area contributed by atoms with E-state index >= 15 is 0 Å². The minimum atomic E-state index is 0.231.